The van der Waals surface area contributed by atoms with Crippen LogP contribution in [0.15, 0.2) is 29.2 Å². The van der Waals surface area contributed by atoms with Gasteiger partial charge in [0.25, 0.3) is 0 Å². The summed E-state index contributed by atoms with van der Waals surface area (Å²) in [6.07, 6.45) is 3.71. The molecule has 0 aliphatic carbocycles. The van der Waals surface area contributed by atoms with Crippen LogP contribution >= 0.6 is 0 Å². The molecular formula is C15H24N2O2S. The molecule has 0 spiro atoms. The molecule has 0 bridgehead atoms. The second-order valence-corrected chi connectivity index (χ2v) is 7.36. The lowest BCUT2D eigenvalue weighted by Crippen LogP contribution is -2.42. The largest absolute Gasteiger partial charge is 0.299 e. The standard InChI is InChI=1S/C15H24N2O2S/c1-13-6-8-15(9-7-13)20(18,19)16-10-12-17-11-4-3-5-14(17)2/h6-9,14,16H,3-5,10-12H2,1-2H3. The third-order valence-corrected chi connectivity index (χ3v) is 5.44. The molecule has 1 saturated heterocycles. The zero-order valence-corrected chi connectivity index (χ0v) is 13.1. The van der Waals surface area contributed by atoms with Crippen LogP contribution in [0.1, 0.15) is 31.7 Å². The number of sulfonamides is 1. The molecule has 2 rings (SSSR count). The Labute approximate surface area is 122 Å². The second kappa shape index (κ2) is 6.70. The normalized spacial score (nSPS) is 21.0. The minimum atomic E-state index is -3.37. The zero-order valence-electron chi connectivity index (χ0n) is 12.3. The monoisotopic (exact) mass is 296 g/mol. The van der Waals surface area contributed by atoms with Crippen molar-refractivity contribution < 1.29 is 8.42 Å². The summed E-state index contributed by atoms with van der Waals surface area (Å²) in [5, 5.41) is 0. The molecule has 1 N–H and O–H groups in total. The molecule has 0 saturated carbocycles. The highest BCUT2D eigenvalue weighted by atomic mass is 32.2. The number of piperidine rings is 1. The molecule has 0 aromatic heterocycles. The fraction of sp³-hybridized carbons (Fsp3) is 0.600. The Hall–Kier alpha value is -0.910. The van der Waals surface area contributed by atoms with Gasteiger partial charge in [0.1, 0.15) is 0 Å². The van der Waals surface area contributed by atoms with Gasteiger partial charge in [-0.2, -0.15) is 0 Å². The molecule has 0 radical (unpaired) electrons. The van der Waals surface area contributed by atoms with Crippen LogP contribution in [0.2, 0.25) is 0 Å². The molecule has 1 heterocycles. The van der Waals surface area contributed by atoms with Gasteiger partial charge in [-0.3, -0.25) is 4.90 Å². The summed E-state index contributed by atoms with van der Waals surface area (Å²) in [7, 11) is -3.37. The van der Waals surface area contributed by atoms with Crippen molar-refractivity contribution in [1.29, 1.82) is 0 Å². The van der Waals surface area contributed by atoms with Crippen LogP contribution in [0, 0.1) is 6.92 Å². The van der Waals surface area contributed by atoms with E-state index in [1.807, 2.05) is 19.1 Å². The van der Waals surface area contributed by atoms with E-state index in [2.05, 4.69) is 16.5 Å². The van der Waals surface area contributed by atoms with Gasteiger partial charge in [0.15, 0.2) is 0 Å². The first kappa shape index (κ1) is 15.5. The van der Waals surface area contributed by atoms with Crippen LogP contribution in [0.5, 0.6) is 0 Å². The summed E-state index contributed by atoms with van der Waals surface area (Å²) in [6, 6.07) is 7.51. The predicted octanol–water partition coefficient (Wildman–Crippen LogP) is 2.15. The molecule has 1 aromatic rings. The molecule has 1 fully saturated rings. The molecule has 1 aliphatic heterocycles. The first-order chi connectivity index (χ1) is 9.49. The van der Waals surface area contributed by atoms with Crippen LogP contribution in [0.4, 0.5) is 0 Å². The van der Waals surface area contributed by atoms with Crippen molar-refractivity contribution in [2.75, 3.05) is 19.6 Å². The smallest absolute Gasteiger partial charge is 0.240 e. The van der Waals surface area contributed by atoms with Crippen molar-refractivity contribution >= 4 is 10.0 Å². The number of hydrogen-bond acceptors (Lipinski definition) is 3. The van der Waals surface area contributed by atoms with Crippen LogP contribution in [0.3, 0.4) is 0 Å². The van der Waals surface area contributed by atoms with Crippen LogP contribution < -0.4 is 4.72 Å². The molecule has 1 unspecified atom stereocenters. The van der Waals surface area contributed by atoms with Crippen LogP contribution in [0.25, 0.3) is 0 Å². The van der Waals surface area contributed by atoms with E-state index in [1.165, 1.54) is 19.3 Å². The maximum absolute atomic E-state index is 12.1. The van der Waals surface area contributed by atoms with E-state index in [9.17, 15) is 8.42 Å². The van der Waals surface area contributed by atoms with Gasteiger partial charge in [0, 0.05) is 19.1 Å². The average molecular weight is 296 g/mol. The summed E-state index contributed by atoms with van der Waals surface area (Å²) in [4.78, 5) is 2.70. The topological polar surface area (TPSA) is 49.4 Å². The lowest BCUT2D eigenvalue weighted by atomic mass is 10.0. The molecule has 5 heteroatoms. The first-order valence-electron chi connectivity index (χ1n) is 7.29. The number of likely N-dealkylation sites (tertiary alicyclic amines) is 1. The number of benzene rings is 1. The Bertz CT molecular complexity index is 525. The van der Waals surface area contributed by atoms with Crippen molar-refractivity contribution in [3.63, 3.8) is 0 Å². The molecule has 0 amide bonds. The highest BCUT2D eigenvalue weighted by Gasteiger charge is 2.19. The molecule has 1 aliphatic rings. The third kappa shape index (κ3) is 4.04. The van der Waals surface area contributed by atoms with Gasteiger partial charge in [-0.05, 0) is 45.4 Å². The van der Waals surface area contributed by atoms with Crippen molar-refractivity contribution in [3.8, 4) is 0 Å². The molecule has 20 heavy (non-hydrogen) atoms. The average Bonchev–Trinajstić information content (AvgIpc) is 2.41. The highest BCUT2D eigenvalue weighted by Crippen LogP contribution is 2.15. The van der Waals surface area contributed by atoms with E-state index in [-0.39, 0.29) is 0 Å². The zero-order chi connectivity index (χ0) is 14.6. The van der Waals surface area contributed by atoms with Crippen molar-refractivity contribution in [2.45, 2.75) is 44.0 Å². The van der Waals surface area contributed by atoms with Crippen LogP contribution in [-0.2, 0) is 10.0 Å². The minimum Gasteiger partial charge on any atom is -0.299 e. The molecule has 112 valence electrons. The van der Waals surface area contributed by atoms with E-state index in [4.69, 9.17) is 0 Å². The maximum atomic E-state index is 12.1. The summed E-state index contributed by atoms with van der Waals surface area (Å²) >= 11 is 0. The highest BCUT2D eigenvalue weighted by molar-refractivity contribution is 7.89. The number of nitrogens with zero attached hydrogens (tertiary/aromatic N) is 1. The number of aryl methyl sites for hydroxylation is 1. The van der Waals surface area contributed by atoms with E-state index in [0.717, 1.165) is 18.7 Å². The Kier molecular flexibility index (Phi) is 5.18. The fourth-order valence-electron chi connectivity index (χ4n) is 2.61. The third-order valence-electron chi connectivity index (χ3n) is 3.96. The van der Waals surface area contributed by atoms with Gasteiger partial charge in [0.05, 0.1) is 4.90 Å². The van der Waals surface area contributed by atoms with Gasteiger partial charge >= 0.3 is 0 Å². The fourth-order valence-corrected chi connectivity index (χ4v) is 3.64. The van der Waals surface area contributed by atoms with Gasteiger partial charge in [0.2, 0.25) is 10.0 Å². The molecule has 1 atom stereocenters. The van der Waals surface area contributed by atoms with Crippen LogP contribution in [-0.4, -0.2) is 39.0 Å². The number of hydrogen-bond donors (Lipinski definition) is 1. The lowest BCUT2D eigenvalue weighted by molar-refractivity contribution is 0.164. The minimum absolute atomic E-state index is 0.342. The van der Waals surface area contributed by atoms with E-state index >= 15 is 0 Å². The first-order valence-corrected chi connectivity index (χ1v) is 8.78. The molecule has 1 aromatic carbocycles. The predicted molar refractivity (Wildman–Crippen MR) is 81.3 cm³/mol. The quantitative estimate of drug-likeness (QED) is 0.906. The van der Waals surface area contributed by atoms with E-state index in [0.29, 0.717) is 17.5 Å². The lowest BCUT2D eigenvalue weighted by Gasteiger charge is -2.33. The van der Waals surface area contributed by atoms with Crippen molar-refractivity contribution in [3.05, 3.63) is 29.8 Å². The summed E-state index contributed by atoms with van der Waals surface area (Å²) in [5.74, 6) is 0. The van der Waals surface area contributed by atoms with Crippen molar-refractivity contribution in [1.82, 2.24) is 9.62 Å². The number of rotatable bonds is 5. The second-order valence-electron chi connectivity index (χ2n) is 5.59. The summed E-state index contributed by atoms with van der Waals surface area (Å²) < 4.78 is 27.0. The summed E-state index contributed by atoms with van der Waals surface area (Å²) in [5.41, 5.74) is 1.06. The van der Waals surface area contributed by atoms with Gasteiger partial charge in [-0.15, -0.1) is 0 Å². The van der Waals surface area contributed by atoms with E-state index in [1.54, 1.807) is 12.1 Å². The molecule has 4 nitrogen and oxygen atoms in total. The number of nitrogens with one attached hydrogen (secondary N) is 1. The molecular weight excluding hydrogens is 272 g/mol. The maximum Gasteiger partial charge on any atom is 0.240 e. The Morgan fingerprint density at radius 1 is 1.25 bits per heavy atom. The Balaban J connectivity index is 1.87. The summed E-state index contributed by atoms with van der Waals surface area (Å²) in [6.45, 7) is 6.50. The van der Waals surface area contributed by atoms with Gasteiger partial charge in [-0.1, -0.05) is 24.1 Å². The SMILES string of the molecule is Cc1ccc(S(=O)(=O)NCCN2CCCCC2C)cc1. The van der Waals surface area contributed by atoms with Gasteiger partial charge < -0.3 is 0 Å². The van der Waals surface area contributed by atoms with Crippen molar-refractivity contribution in [2.24, 2.45) is 0 Å². The van der Waals surface area contributed by atoms with Gasteiger partial charge in [-0.25, -0.2) is 13.1 Å². The Morgan fingerprint density at radius 2 is 1.95 bits per heavy atom. The van der Waals surface area contributed by atoms with E-state index < -0.39 is 10.0 Å². The Morgan fingerprint density at radius 3 is 2.60 bits per heavy atom.